The van der Waals surface area contributed by atoms with Gasteiger partial charge < -0.3 is 9.84 Å². The smallest absolute Gasteiger partial charge is 0.387 e. The van der Waals surface area contributed by atoms with Gasteiger partial charge in [0, 0.05) is 11.1 Å². The van der Waals surface area contributed by atoms with Crippen LogP contribution in [0.2, 0.25) is 10.0 Å². The van der Waals surface area contributed by atoms with Crippen molar-refractivity contribution in [2.45, 2.75) is 13.0 Å². The average Bonchev–Trinajstić information content (AvgIpc) is 2.11. The van der Waals surface area contributed by atoms with Gasteiger partial charge in [0.2, 0.25) is 0 Å². The molecule has 0 saturated heterocycles. The van der Waals surface area contributed by atoms with Gasteiger partial charge in [-0.1, -0.05) is 23.2 Å². The molecule has 0 aliphatic heterocycles. The monoisotopic (exact) mass is 270 g/mol. The number of alkyl halides is 2. The zero-order valence-corrected chi connectivity index (χ0v) is 9.23. The maximum absolute atomic E-state index is 11.9. The van der Waals surface area contributed by atoms with Gasteiger partial charge in [-0.3, -0.25) is 4.79 Å². The van der Waals surface area contributed by atoms with Crippen molar-refractivity contribution in [1.29, 1.82) is 0 Å². The van der Waals surface area contributed by atoms with Gasteiger partial charge in [-0.2, -0.15) is 8.78 Å². The molecule has 1 N–H and O–H groups in total. The summed E-state index contributed by atoms with van der Waals surface area (Å²) in [5.41, 5.74) is 0.237. The summed E-state index contributed by atoms with van der Waals surface area (Å²) in [6.07, 6.45) is -0.340. The molecule has 0 aliphatic carbocycles. The third-order valence-electron chi connectivity index (χ3n) is 1.66. The van der Waals surface area contributed by atoms with Crippen LogP contribution in [0.5, 0.6) is 5.75 Å². The van der Waals surface area contributed by atoms with Crippen molar-refractivity contribution in [2.75, 3.05) is 0 Å². The van der Waals surface area contributed by atoms with Gasteiger partial charge in [-0.25, -0.2) is 0 Å². The van der Waals surface area contributed by atoms with Crippen LogP contribution in [-0.4, -0.2) is 17.7 Å². The third kappa shape index (κ3) is 3.50. The predicted octanol–water partition coefficient (Wildman–Crippen LogP) is 3.22. The molecule has 0 spiro atoms. The predicted molar refractivity (Wildman–Crippen MR) is 54.4 cm³/mol. The Kier molecular flexibility index (Phi) is 4.32. The minimum atomic E-state index is -3.01. The summed E-state index contributed by atoms with van der Waals surface area (Å²) >= 11 is 11.3. The Morgan fingerprint density at radius 1 is 1.38 bits per heavy atom. The van der Waals surface area contributed by atoms with E-state index in [2.05, 4.69) is 4.74 Å². The van der Waals surface area contributed by atoms with Crippen LogP contribution in [0.3, 0.4) is 0 Å². The van der Waals surface area contributed by atoms with Crippen molar-refractivity contribution in [3.63, 3.8) is 0 Å². The molecule has 88 valence electrons. The maximum atomic E-state index is 11.9. The molecule has 0 fully saturated rings. The summed E-state index contributed by atoms with van der Waals surface area (Å²) in [4.78, 5) is 10.4. The molecule has 0 bridgehead atoms. The van der Waals surface area contributed by atoms with E-state index in [1.165, 1.54) is 6.07 Å². The van der Waals surface area contributed by atoms with E-state index in [0.29, 0.717) is 0 Å². The van der Waals surface area contributed by atoms with Gasteiger partial charge in [-0.15, -0.1) is 0 Å². The van der Waals surface area contributed by atoms with Crippen LogP contribution in [0.4, 0.5) is 8.78 Å². The van der Waals surface area contributed by atoms with E-state index < -0.39 is 12.6 Å². The fourth-order valence-corrected chi connectivity index (χ4v) is 1.51. The molecule has 0 radical (unpaired) electrons. The highest BCUT2D eigenvalue weighted by Gasteiger charge is 2.13. The molecule has 16 heavy (non-hydrogen) atoms. The Labute approximate surface area is 99.5 Å². The summed E-state index contributed by atoms with van der Waals surface area (Å²) in [5.74, 6) is -1.38. The first-order valence-electron chi connectivity index (χ1n) is 4.04. The molecule has 1 rings (SSSR count). The zero-order valence-electron chi connectivity index (χ0n) is 7.71. The van der Waals surface area contributed by atoms with E-state index in [4.69, 9.17) is 28.3 Å². The lowest BCUT2D eigenvalue weighted by atomic mass is 10.1. The van der Waals surface area contributed by atoms with Gasteiger partial charge in [0.1, 0.15) is 5.75 Å². The van der Waals surface area contributed by atoms with E-state index in [-0.39, 0.29) is 27.8 Å². The molecule has 3 nitrogen and oxygen atoms in total. The summed E-state index contributed by atoms with van der Waals surface area (Å²) in [6.45, 7) is -3.01. The second-order valence-electron chi connectivity index (χ2n) is 2.82. The number of carboxylic acid groups (broad SMARTS) is 1. The molecular formula is C9H6Cl2F2O3. The standard InChI is InChI=1S/C9H6Cl2F2O3/c10-5-3-7(16-9(12)13)6(11)1-4(5)2-8(14)15/h1,3,9H,2H2,(H,14,15). The minimum absolute atomic E-state index is 0.0162. The first-order chi connectivity index (χ1) is 7.40. The van der Waals surface area contributed by atoms with Crippen LogP contribution in [0, 0.1) is 0 Å². The highest BCUT2D eigenvalue weighted by atomic mass is 35.5. The van der Waals surface area contributed by atoms with Crippen molar-refractivity contribution < 1.29 is 23.4 Å². The molecule has 0 aromatic heterocycles. The number of aliphatic carboxylic acids is 1. The maximum Gasteiger partial charge on any atom is 0.387 e. The molecule has 0 atom stereocenters. The highest BCUT2D eigenvalue weighted by Crippen LogP contribution is 2.32. The van der Waals surface area contributed by atoms with Crippen molar-refractivity contribution in [3.8, 4) is 5.75 Å². The molecule has 1 aromatic carbocycles. The van der Waals surface area contributed by atoms with E-state index in [1.54, 1.807) is 0 Å². The Morgan fingerprint density at radius 3 is 2.50 bits per heavy atom. The molecular weight excluding hydrogens is 265 g/mol. The quantitative estimate of drug-likeness (QED) is 0.914. The molecule has 0 unspecified atom stereocenters. The van der Waals surface area contributed by atoms with E-state index in [0.717, 1.165) is 6.07 Å². The fraction of sp³-hybridized carbons (Fsp3) is 0.222. The largest absolute Gasteiger partial charge is 0.481 e. The molecule has 0 aliphatic rings. The Bertz CT molecular complexity index is 410. The number of hydrogen-bond donors (Lipinski definition) is 1. The van der Waals surface area contributed by atoms with Crippen LogP contribution in [0.25, 0.3) is 0 Å². The van der Waals surface area contributed by atoms with Crippen LogP contribution < -0.4 is 4.74 Å². The van der Waals surface area contributed by atoms with Crippen molar-refractivity contribution in [3.05, 3.63) is 27.7 Å². The van der Waals surface area contributed by atoms with Gasteiger partial charge in [0.05, 0.1) is 11.4 Å². The lowest BCUT2D eigenvalue weighted by molar-refractivity contribution is -0.136. The van der Waals surface area contributed by atoms with Crippen LogP contribution in [-0.2, 0) is 11.2 Å². The number of carboxylic acids is 1. The fourth-order valence-electron chi connectivity index (χ4n) is 1.05. The third-order valence-corrected chi connectivity index (χ3v) is 2.31. The normalized spacial score (nSPS) is 10.6. The Morgan fingerprint density at radius 2 is 2.00 bits per heavy atom. The van der Waals surface area contributed by atoms with Crippen LogP contribution in [0.15, 0.2) is 12.1 Å². The first-order valence-corrected chi connectivity index (χ1v) is 4.80. The van der Waals surface area contributed by atoms with Crippen LogP contribution in [0.1, 0.15) is 5.56 Å². The lowest BCUT2D eigenvalue weighted by Gasteiger charge is -2.09. The number of hydrogen-bond acceptors (Lipinski definition) is 2. The van der Waals surface area contributed by atoms with E-state index in [1.807, 2.05) is 0 Å². The topological polar surface area (TPSA) is 46.5 Å². The average molecular weight is 271 g/mol. The van der Waals surface area contributed by atoms with Crippen molar-refractivity contribution in [1.82, 2.24) is 0 Å². The van der Waals surface area contributed by atoms with Crippen LogP contribution >= 0.6 is 23.2 Å². The Hall–Kier alpha value is -1.07. The van der Waals surface area contributed by atoms with Gasteiger partial charge in [-0.05, 0) is 11.6 Å². The lowest BCUT2D eigenvalue weighted by Crippen LogP contribution is -2.04. The highest BCUT2D eigenvalue weighted by molar-refractivity contribution is 6.34. The second-order valence-corrected chi connectivity index (χ2v) is 3.64. The number of halogens is 4. The molecule has 0 heterocycles. The molecule has 0 amide bonds. The minimum Gasteiger partial charge on any atom is -0.481 e. The summed E-state index contributed by atoms with van der Waals surface area (Å²) in [6, 6.07) is 2.25. The van der Waals surface area contributed by atoms with Gasteiger partial charge in [0.15, 0.2) is 0 Å². The number of benzene rings is 1. The molecule has 7 heteroatoms. The second kappa shape index (κ2) is 5.32. The number of ether oxygens (including phenoxy) is 1. The summed E-state index contributed by atoms with van der Waals surface area (Å²) in [7, 11) is 0. The summed E-state index contributed by atoms with van der Waals surface area (Å²) in [5, 5.41) is 8.45. The number of rotatable bonds is 4. The summed E-state index contributed by atoms with van der Waals surface area (Å²) < 4.78 is 27.9. The zero-order chi connectivity index (χ0) is 12.3. The van der Waals surface area contributed by atoms with Gasteiger partial charge >= 0.3 is 12.6 Å². The van der Waals surface area contributed by atoms with E-state index >= 15 is 0 Å². The van der Waals surface area contributed by atoms with E-state index in [9.17, 15) is 13.6 Å². The molecule has 0 saturated carbocycles. The van der Waals surface area contributed by atoms with Crippen molar-refractivity contribution in [2.24, 2.45) is 0 Å². The van der Waals surface area contributed by atoms with Crippen molar-refractivity contribution >= 4 is 29.2 Å². The SMILES string of the molecule is O=C(O)Cc1cc(Cl)c(OC(F)F)cc1Cl. The Balaban J connectivity index is 3.01. The van der Waals surface area contributed by atoms with Gasteiger partial charge in [0.25, 0.3) is 0 Å². The first kappa shape index (κ1) is 13.0. The number of carbonyl (C=O) groups is 1. The molecule has 1 aromatic rings.